The molecule has 1 aromatic rings. The molecule has 4 heteroatoms. The second kappa shape index (κ2) is 8.93. The predicted octanol–water partition coefficient (Wildman–Crippen LogP) is 1.79. The first-order valence-corrected chi connectivity index (χ1v) is 8.17. The molecule has 0 saturated carbocycles. The Morgan fingerprint density at radius 3 is 2.59 bits per heavy atom. The second-order valence-corrected chi connectivity index (χ2v) is 5.80. The molecule has 2 rings (SSSR count). The summed E-state index contributed by atoms with van der Waals surface area (Å²) >= 11 is 0. The molecule has 1 atom stereocenters. The molecule has 0 aromatic heterocycles. The number of hydrogen-bond acceptors (Lipinski definition) is 4. The van der Waals surface area contributed by atoms with Crippen LogP contribution in [0.3, 0.4) is 0 Å². The van der Waals surface area contributed by atoms with Crippen molar-refractivity contribution in [3.63, 3.8) is 0 Å². The molecule has 1 saturated heterocycles. The van der Waals surface area contributed by atoms with Crippen LogP contribution in [-0.4, -0.2) is 66.9 Å². The number of allylic oxidation sites excluding steroid dienone is 1. The quantitative estimate of drug-likeness (QED) is 0.743. The van der Waals surface area contributed by atoms with Gasteiger partial charge in [-0.25, -0.2) is 0 Å². The number of benzene rings is 1. The predicted molar refractivity (Wildman–Crippen MR) is 90.4 cm³/mol. The number of para-hydroxylation sites is 1. The number of aliphatic hydroxyl groups is 1. The summed E-state index contributed by atoms with van der Waals surface area (Å²) in [6.07, 6.45) is 2.20. The summed E-state index contributed by atoms with van der Waals surface area (Å²) in [5, 5.41) is 10.2. The summed E-state index contributed by atoms with van der Waals surface area (Å²) < 4.78 is 5.80. The van der Waals surface area contributed by atoms with Gasteiger partial charge in [0.05, 0.1) is 0 Å². The first kappa shape index (κ1) is 17.0. The first-order valence-electron chi connectivity index (χ1n) is 8.17. The summed E-state index contributed by atoms with van der Waals surface area (Å²) in [6, 6.07) is 7.94. The number of likely N-dealkylation sites (N-methyl/N-ethyl adjacent to an activating group) is 1. The van der Waals surface area contributed by atoms with Gasteiger partial charge in [0.25, 0.3) is 0 Å². The highest BCUT2D eigenvalue weighted by atomic mass is 16.5. The van der Waals surface area contributed by atoms with Gasteiger partial charge in [-0.3, -0.25) is 4.90 Å². The average Bonchev–Trinajstić information content (AvgIpc) is 2.55. The molecule has 0 bridgehead atoms. The summed E-state index contributed by atoms with van der Waals surface area (Å²) in [5.41, 5.74) is 1.11. The van der Waals surface area contributed by atoms with E-state index in [0.29, 0.717) is 13.2 Å². The Hall–Kier alpha value is -1.36. The van der Waals surface area contributed by atoms with Crippen molar-refractivity contribution in [2.75, 3.05) is 45.9 Å². The van der Waals surface area contributed by atoms with Crippen LogP contribution in [-0.2, 0) is 6.42 Å². The number of β-amino-alcohol motifs (C(OH)–C–C–N with tert-alkyl or cyclic N) is 1. The molecule has 0 aliphatic carbocycles. The van der Waals surface area contributed by atoms with Crippen LogP contribution < -0.4 is 4.74 Å². The Morgan fingerprint density at radius 1 is 1.23 bits per heavy atom. The SMILES string of the molecule is C=CCc1ccccc1OC[C@@H](O)CN1CCN(CC)CC1. The van der Waals surface area contributed by atoms with Gasteiger partial charge in [0.1, 0.15) is 18.5 Å². The van der Waals surface area contributed by atoms with Gasteiger partial charge in [-0.05, 0) is 24.6 Å². The van der Waals surface area contributed by atoms with Gasteiger partial charge in [0, 0.05) is 32.7 Å². The highest BCUT2D eigenvalue weighted by Gasteiger charge is 2.18. The highest BCUT2D eigenvalue weighted by molar-refractivity contribution is 5.34. The molecule has 122 valence electrons. The van der Waals surface area contributed by atoms with Gasteiger partial charge in [0.2, 0.25) is 0 Å². The maximum Gasteiger partial charge on any atom is 0.122 e. The highest BCUT2D eigenvalue weighted by Crippen LogP contribution is 2.19. The minimum Gasteiger partial charge on any atom is -0.491 e. The minimum atomic E-state index is -0.454. The first-order chi connectivity index (χ1) is 10.7. The molecule has 0 unspecified atom stereocenters. The van der Waals surface area contributed by atoms with Crippen molar-refractivity contribution in [2.24, 2.45) is 0 Å². The standard InChI is InChI=1S/C18H28N2O2/c1-3-7-16-8-5-6-9-18(16)22-15-17(21)14-20-12-10-19(4-2)11-13-20/h3,5-6,8-9,17,21H,1,4,7,10-15H2,2H3/t17-/m0/s1. The van der Waals surface area contributed by atoms with Crippen LogP contribution >= 0.6 is 0 Å². The van der Waals surface area contributed by atoms with Crippen LogP contribution in [0.15, 0.2) is 36.9 Å². The van der Waals surface area contributed by atoms with E-state index in [2.05, 4.69) is 23.3 Å². The molecule has 0 amide bonds. The second-order valence-electron chi connectivity index (χ2n) is 5.80. The third kappa shape index (κ3) is 5.13. The van der Waals surface area contributed by atoms with E-state index in [1.54, 1.807) is 0 Å². The van der Waals surface area contributed by atoms with E-state index in [0.717, 1.165) is 50.5 Å². The Morgan fingerprint density at radius 2 is 1.91 bits per heavy atom. The number of ether oxygens (including phenoxy) is 1. The van der Waals surface area contributed by atoms with Crippen LogP contribution in [0.5, 0.6) is 5.75 Å². The van der Waals surface area contributed by atoms with Crippen molar-refractivity contribution in [1.82, 2.24) is 9.80 Å². The van der Waals surface area contributed by atoms with Gasteiger partial charge < -0.3 is 14.7 Å². The summed E-state index contributed by atoms with van der Waals surface area (Å²) in [6.45, 7) is 12.3. The zero-order chi connectivity index (χ0) is 15.8. The van der Waals surface area contributed by atoms with Crippen LogP contribution in [0.2, 0.25) is 0 Å². The lowest BCUT2D eigenvalue weighted by Gasteiger charge is -2.34. The number of piperazine rings is 1. The van der Waals surface area contributed by atoms with Crippen molar-refractivity contribution in [1.29, 1.82) is 0 Å². The van der Waals surface area contributed by atoms with Gasteiger partial charge >= 0.3 is 0 Å². The molecule has 1 aromatic carbocycles. The normalized spacial score (nSPS) is 18.1. The van der Waals surface area contributed by atoms with Crippen molar-refractivity contribution >= 4 is 0 Å². The molecule has 4 nitrogen and oxygen atoms in total. The topological polar surface area (TPSA) is 35.9 Å². The fraction of sp³-hybridized carbons (Fsp3) is 0.556. The summed E-state index contributed by atoms with van der Waals surface area (Å²) in [4.78, 5) is 4.75. The van der Waals surface area contributed by atoms with Gasteiger partial charge in [0.15, 0.2) is 0 Å². The lowest BCUT2D eigenvalue weighted by atomic mass is 10.1. The van der Waals surface area contributed by atoms with E-state index in [9.17, 15) is 5.11 Å². The third-order valence-electron chi connectivity index (χ3n) is 4.15. The summed E-state index contributed by atoms with van der Waals surface area (Å²) in [5.74, 6) is 0.845. The largest absolute Gasteiger partial charge is 0.491 e. The molecule has 1 fully saturated rings. The average molecular weight is 304 g/mol. The maximum atomic E-state index is 10.2. The fourth-order valence-corrected chi connectivity index (χ4v) is 2.79. The van der Waals surface area contributed by atoms with E-state index < -0.39 is 6.10 Å². The molecular formula is C18H28N2O2. The van der Waals surface area contributed by atoms with E-state index in [-0.39, 0.29) is 0 Å². The Balaban J connectivity index is 1.76. The molecular weight excluding hydrogens is 276 g/mol. The Kier molecular flexibility index (Phi) is 6.90. The van der Waals surface area contributed by atoms with E-state index in [1.807, 2.05) is 30.3 Å². The van der Waals surface area contributed by atoms with E-state index >= 15 is 0 Å². The summed E-state index contributed by atoms with van der Waals surface area (Å²) in [7, 11) is 0. The molecule has 1 aliphatic rings. The Labute approximate surface area is 134 Å². The zero-order valence-corrected chi connectivity index (χ0v) is 13.6. The van der Waals surface area contributed by atoms with Crippen molar-refractivity contribution < 1.29 is 9.84 Å². The van der Waals surface area contributed by atoms with Crippen molar-refractivity contribution in [3.05, 3.63) is 42.5 Å². The third-order valence-corrected chi connectivity index (χ3v) is 4.15. The Bertz CT molecular complexity index is 456. The lowest BCUT2D eigenvalue weighted by Crippen LogP contribution is -2.49. The van der Waals surface area contributed by atoms with Crippen LogP contribution in [0.25, 0.3) is 0 Å². The van der Waals surface area contributed by atoms with Crippen LogP contribution in [0, 0.1) is 0 Å². The van der Waals surface area contributed by atoms with Crippen molar-refractivity contribution in [3.8, 4) is 5.75 Å². The van der Waals surface area contributed by atoms with Gasteiger partial charge in [-0.1, -0.05) is 31.2 Å². The number of nitrogens with zero attached hydrogens (tertiary/aromatic N) is 2. The molecule has 22 heavy (non-hydrogen) atoms. The van der Waals surface area contributed by atoms with Crippen molar-refractivity contribution in [2.45, 2.75) is 19.4 Å². The molecule has 1 heterocycles. The van der Waals surface area contributed by atoms with E-state index in [1.165, 1.54) is 0 Å². The van der Waals surface area contributed by atoms with Crippen LogP contribution in [0.1, 0.15) is 12.5 Å². The number of rotatable bonds is 8. The zero-order valence-electron chi connectivity index (χ0n) is 13.6. The van der Waals surface area contributed by atoms with E-state index in [4.69, 9.17) is 4.74 Å². The maximum absolute atomic E-state index is 10.2. The minimum absolute atomic E-state index is 0.335. The number of aliphatic hydroxyl groups excluding tert-OH is 1. The lowest BCUT2D eigenvalue weighted by molar-refractivity contribution is 0.0469. The van der Waals surface area contributed by atoms with Crippen LogP contribution in [0.4, 0.5) is 0 Å². The van der Waals surface area contributed by atoms with Gasteiger partial charge in [-0.2, -0.15) is 0 Å². The molecule has 1 aliphatic heterocycles. The monoisotopic (exact) mass is 304 g/mol. The molecule has 0 radical (unpaired) electrons. The number of hydrogen-bond donors (Lipinski definition) is 1. The van der Waals surface area contributed by atoms with Gasteiger partial charge in [-0.15, -0.1) is 6.58 Å². The molecule has 0 spiro atoms. The smallest absolute Gasteiger partial charge is 0.122 e. The molecule has 1 N–H and O–H groups in total. The fourth-order valence-electron chi connectivity index (χ4n) is 2.79.